The molecular formula is C46H64O6Si2. The zero-order valence-electron chi connectivity index (χ0n) is 33.8. The molecule has 0 bridgehead atoms. The van der Waals surface area contributed by atoms with Crippen molar-refractivity contribution in [3.8, 4) is 0 Å². The number of aliphatic hydroxyl groups excluding tert-OH is 2. The van der Waals surface area contributed by atoms with Crippen molar-refractivity contribution in [3.05, 3.63) is 121 Å². The van der Waals surface area contributed by atoms with Crippen LogP contribution in [0.25, 0.3) is 0 Å². The van der Waals surface area contributed by atoms with Crippen LogP contribution in [0.1, 0.15) is 81.1 Å². The minimum Gasteiger partial charge on any atom is -0.405 e. The van der Waals surface area contributed by atoms with Gasteiger partial charge in [-0.1, -0.05) is 190 Å². The van der Waals surface area contributed by atoms with E-state index in [1.165, 1.54) is 20.7 Å². The van der Waals surface area contributed by atoms with Gasteiger partial charge in [-0.15, -0.1) is 0 Å². The van der Waals surface area contributed by atoms with Crippen LogP contribution in [0.4, 0.5) is 0 Å². The molecule has 2 aliphatic heterocycles. The third kappa shape index (κ3) is 9.19. The Balaban J connectivity index is 0.000000208. The molecule has 0 radical (unpaired) electrons. The normalized spacial score (nSPS) is 23.5. The van der Waals surface area contributed by atoms with Gasteiger partial charge in [0.15, 0.2) is 12.6 Å². The second-order valence-electron chi connectivity index (χ2n) is 17.0. The third-order valence-electron chi connectivity index (χ3n) is 11.5. The van der Waals surface area contributed by atoms with Gasteiger partial charge in [-0.3, -0.25) is 0 Å². The molecule has 0 unspecified atom stereocenters. The Morgan fingerprint density at radius 3 is 0.981 bits per heavy atom. The molecule has 4 aromatic rings. The molecule has 0 aromatic heterocycles. The average molecular weight is 769 g/mol. The van der Waals surface area contributed by atoms with E-state index in [-0.39, 0.29) is 22.3 Å². The zero-order valence-corrected chi connectivity index (χ0v) is 35.8. The van der Waals surface area contributed by atoms with Gasteiger partial charge >= 0.3 is 0 Å². The highest BCUT2D eigenvalue weighted by Gasteiger charge is 2.52. The maximum absolute atomic E-state index is 9.96. The van der Waals surface area contributed by atoms with Crippen LogP contribution in [0.15, 0.2) is 121 Å². The maximum atomic E-state index is 9.96. The van der Waals surface area contributed by atoms with Gasteiger partial charge in [0, 0.05) is 12.8 Å². The Labute approximate surface area is 327 Å². The fourth-order valence-electron chi connectivity index (χ4n) is 8.71. The van der Waals surface area contributed by atoms with Gasteiger partial charge in [-0.25, -0.2) is 0 Å². The van der Waals surface area contributed by atoms with Crippen molar-refractivity contribution < 1.29 is 28.5 Å². The van der Waals surface area contributed by atoms with Crippen LogP contribution in [0.5, 0.6) is 0 Å². The van der Waals surface area contributed by atoms with E-state index < -0.39 is 29.2 Å². The molecule has 4 aromatic carbocycles. The number of ether oxygens (including phenoxy) is 2. The first-order valence-electron chi connectivity index (χ1n) is 19.9. The predicted octanol–water partition coefficient (Wildman–Crippen LogP) is 7.39. The van der Waals surface area contributed by atoms with Crippen LogP contribution >= 0.6 is 0 Å². The molecule has 292 valence electrons. The van der Waals surface area contributed by atoms with E-state index in [0.29, 0.717) is 37.9 Å². The first-order valence-corrected chi connectivity index (χ1v) is 23.8. The Kier molecular flexibility index (Phi) is 14.3. The summed E-state index contributed by atoms with van der Waals surface area (Å²) in [6.45, 7) is 19.0. The van der Waals surface area contributed by atoms with Gasteiger partial charge in [0.2, 0.25) is 0 Å². The lowest BCUT2D eigenvalue weighted by Crippen LogP contribution is -2.67. The first-order chi connectivity index (χ1) is 25.8. The molecule has 6 rings (SSSR count). The molecule has 2 saturated heterocycles. The summed E-state index contributed by atoms with van der Waals surface area (Å²) in [6, 6.07) is 42.6. The molecule has 6 nitrogen and oxygen atoms in total. The van der Waals surface area contributed by atoms with Gasteiger partial charge in [-0.2, -0.15) is 0 Å². The number of hydrogen-bond acceptors (Lipinski definition) is 6. The Hall–Kier alpha value is -2.93. The second kappa shape index (κ2) is 18.3. The highest BCUT2D eigenvalue weighted by Crippen LogP contribution is 2.39. The Bertz CT molecular complexity index is 1470. The van der Waals surface area contributed by atoms with E-state index in [2.05, 4.69) is 177 Å². The summed E-state index contributed by atoms with van der Waals surface area (Å²) in [5, 5.41) is 24.9. The summed E-state index contributed by atoms with van der Waals surface area (Å²) in [6.07, 6.45) is 1.96. The molecule has 6 atom stereocenters. The van der Waals surface area contributed by atoms with E-state index in [9.17, 15) is 10.2 Å². The van der Waals surface area contributed by atoms with Crippen molar-refractivity contribution in [3.63, 3.8) is 0 Å². The fraction of sp³-hybridized carbons (Fsp3) is 0.478. The lowest BCUT2D eigenvalue weighted by atomic mass is 9.99. The largest absolute Gasteiger partial charge is 0.405 e. The Morgan fingerprint density at radius 2 is 0.759 bits per heavy atom. The smallest absolute Gasteiger partial charge is 0.261 e. The number of aliphatic hydroxyl groups is 2. The van der Waals surface area contributed by atoms with Crippen molar-refractivity contribution in [2.45, 2.75) is 116 Å². The minimum absolute atomic E-state index is 0.0470. The van der Waals surface area contributed by atoms with Crippen LogP contribution in [0.3, 0.4) is 0 Å². The predicted molar refractivity (Wildman–Crippen MR) is 226 cm³/mol. The summed E-state index contributed by atoms with van der Waals surface area (Å²) in [4.78, 5) is 0. The molecule has 0 aliphatic carbocycles. The summed E-state index contributed by atoms with van der Waals surface area (Å²) in [5.74, 6) is 0.691. The van der Waals surface area contributed by atoms with Crippen molar-refractivity contribution in [2.24, 2.45) is 11.8 Å². The summed E-state index contributed by atoms with van der Waals surface area (Å²) < 4.78 is 25.5. The second-order valence-corrected chi connectivity index (χ2v) is 25.6. The summed E-state index contributed by atoms with van der Waals surface area (Å²) in [7, 11) is -5.09. The van der Waals surface area contributed by atoms with Crippen LogP contribution < -0.4 is 20.7 Å². The van der Waals surface area contributed by atoms with Crippen LogP contribution in [0.2, 0.25) is 10.1 Å². The lowest BCUT2D eigenvalue weighted by molar-refractivity contribution is -0.102. The van der Waals surface area contributed by atoms with Crippen molar-refractivity contribution in [2.75, 3.05) is 13.2 Å². The molecule has 8 heteroatoms. The van der Waals surface area contributed by atoms with Gasteiger partial charge in [0.05, 0.1) is 25.4 Å². The van der Waals surface area contributed by atoms with Crippen molar-refractivity contribution >= 4 is 37.4 Å². The van der Waals surface area contributed by atoms with E-state index >= 15 is 0 Å². The van der Waals surface area contributed by atoms with E-state index in [1.54, 1.807) is 0 Å². The van der Waals surface area contributed by atoms with E-state index in [4.69, 9.17) is 18.3 Å². The molecule has 2 N–H and O–H groups in total. The quantitative estimate of drug-likeness (QED) is 0.147. The molecule has 0 spiro atoms. The van der Waals surface area contributed by atoms with Crippen molar-refractivity contribution in [1.82, 2.24) is 0 Å². The number of benzene rings is 4. The van der Waals surface area contributed by atoms with E-state index in [0.717, 1.165) is 12.8 Å². The highest BCUT2D eigenvalue weighted by molar-refractivity contribution is 7.00. The highest BCUT2D eigenvalue weighted by atomic mass is 28.4. The molecular weight excluding hydrogens is 705 g/mol. The van der Waals surface area contributed by atoms with Gasteiger partial charge in [-0.05, 0) is 42.7 Å². The standard InChI is InChI=1S/2C23H32O3Si/c2*1-5-18-16-22(24)26-21(18)17-25-27(23(2,3)4,19-12-8-6-9-13-19)20-14-10-7-11-15-20/h2*6-15,18,21-22,24H,5,16-17H2,1-4H3/t18-,21+,22+;18-,21+,22-/m00/s1. The van der Waals surface area contributed by atoms with Crippen LogP contribution in [0, 0.1) is 11.8 Å². The minimum atomic E-state index is -2.54. The zero-order chi connectivity index (χ0) is 39.0. The van der Waals surface area contributed by atoms with Gasteiger partial charge < -0.3 is 28.5 Å². The van der Waals surface area contributed by atoms with Gasteiger partial charge in [0.1, 0.15) is 0 Å². The molecule has 2 fully saturated rings. The molecule has 54 heavy (non-hydrogen) atoms. The third-order valence-corrected chi connectivity index (χ3v) is 21.5. The number of hydrogen-bond donors (Lipinski definition) is 2. The SMILES string of the molecule is CC[C@H]1C[C@@H](O)O[C@@H]1CO[Si](c1ccccc1)(c1ccccc1)C(C)(C)C.CC[C@H]1C[C@H](O)O[C@@H]1CO[Si](c1ccccc1)(c1ccccc1)C(C)(C)C. The molecule has 2 heterocycles. The van der Waals surface area contributed by atoms with Crippen LogP contribution in [-0.2, 0) is 18.3 Å². The fourth-order valence-corrected chi connectivity index (χ4v) is 17.8. The van der Waals surface area contributed by atoms with Crippen molar-refractivity contribution in [1.29, 1.82) is 0 Å². The molecule has 0 amide bonds. The average Bonchev–Trinajstić information content (AvgIpc) is 3.73. The van der Waals surface area contributed by atoms with Crippen LogP contribution in [-0.4, -0.2) is 64.8 Å². The topological polar surface area (TPSA) is 77.4 Å². The molecule has 0 saturated carbocycles. The summed E-state index contributed by atoms with van der Waals surface area (Å²) >= 11 is 0. The van der Waals surface area contributed by atoms with E-state index in [1.807, 2.05) is 0 Å². The first kappa shape index (κ1) is 42.2. The Morgan fingerprint density at radius 1 is 0.500 bits per heavy atom. The lowest BCUT2D eigenvalue weighted by Gasteiger charge is -2.43. The number of rotatable bonds is 12. The summed E-state index contributed by atoms with van der Waals surface area (Å²) in [5.41, 5.74) is 0. The van der Waals surface area contributed by atoms with Gasteiger partial charge in [0.25, 0.3) is 16.6 Å². The monoisotopic (exact) mass is 768 g/mol. The maximum Gasteiger partial charge on any atom is 0.261 e. The molecule has 2 aliphatic rings.